The molecular formula is C15H22N6OS. The van der Waals surface area contributed by atoms with E-state index in [9.17, 15) is 4.79 Å². The third-order valence-corrected chi connectivity index (χ3v) is 4.99. The van der Waals surface area contributed by atoms with Crippen molar-refractivity contribution >= 4 is 23.5 Å². The highest BCUT2D eigenvalue weighted by Crippen LogP contribution is 2.29. The molecule has 1 atom stereocenters. The molecule has 0 spiro atoms. The molecule has 0 aromatic carbocycles. The first-order chi connectivity index (χ1) is 11.0. The maximum atomic E-state index is 12.4. The topological polar surface area (TPSA) is 68.0 Å². The fourth-order valence-corrected chi connectivity index (χ4v) is 4.00. The van der Waals surface area contributed by atoms with Crippen LogP contribution < -0.4 is 5.32 Å². The Hall–Kier alpha value is -1.80. The Labute approximate surface area is 140 Å². The van der Waals surface area contributed by atoms with E-state index in [0.29, 0.717) is 6.54 Å². The van der Waals surface area contributed by atoms with E-state index in [2.05, 4.69) is 20.4 Å². The lowest BCUT2D eigenvalue weighted by Gasteiger charge is -2.34. The number of anilines is 1. The van der Waals surface area contributed by atoms with E-state index in [1.54, 1.807) is 4.68 Å². The van der Waals surface area contributed by atoms with E-state index in [0.717, 1.165) is 29.6 Å². The standard InChI is InChI=1S/C15H22N6OS/c1-11-6-14(20(3)18-11)17-15(22)9-21-4-5-23-10-13(21)12-7-16-19(2)8-12/h6-8,13H,4-5,9-10H2,1-3H3,(H,17,22)/t13-/m1/s1. The van der Waals surface area contributed by atoms with Crippen LogP contribution in [0.25, 0.3) is 0 Å². The SMILES string of the molecule is Cc1cc(NC(=O)CN2CCSC[C@@H]2c2cnn(C)c2)n(C)n1. The number of carbonyl (C=O) groups excluding carboxylic acids is 1. The first kappa shape index (κ1) is 16.1. The molecule has 3 rings (SSSR count). The van der Waals surface area contributed by atoms with Crippen molar-refractivity contribution in [3.63, 3.8) is 0 Å². The normalized spacial score (nSPS) is 19.0. The largest absolute Gasteiger partial charge is 0.310 e. The maximum Gasteiger partial charge on any atom is 0.239 e. The van der Waals surface area contributed by atoms with Crippen molar-refractivity contribution < 1.29 is 4.79 Å². The Morgan fingerprint density at radius 2 is 2.30 bits per heavy atom. The summed E-state index contributed by atoms with van der Waals surface area (Å²) in [6, 6.07) is 2.12. The lowest BCUT2D eigenvalue weighted by molar-refractivity contribution is -0.117. The first-order valence-corrected chi connectivity index (χ1v) is 8.79. The summed E-state index contributed by atoms with van der Waals surface area (Å²) in [6.45, 7) is 3.20. The van der Waals surface area contributed by atoms with E-state index in [1.807, 2.05) is 55.9 Å². The summed E-state index contributed by atoms with van der Waals surface area (Å²) in [5, 5.41) is 11.5. The number of aromatic nitrogens is 4. The lowest BCUT2D eigenvalue weighted by Crippen LogP contribution is -2.41. The summed E-state index contributed by atoms with van der Waals surface area (Å²) in [5.74, 6) is 2.77. The second kappa shape index (κ2) is 6.76. The van der Waals surface area contributed by atoms with E-state index in [-0.39, 0.29) is 11.9 Å². The van der Waals surface area contributed by atoms with E-state index >= 15 is 0 Å². The molecule has 23 heavy (non-hydrogen) atoms. The lowest BCUT2D eigenvalue weighted by atomic mass is 10.1. The van der Waals surface area contributed by atoms with Gasteiger partial charge in [-0.05, 0) is 6.92 Å². The van der Waals surface area contributed by atoms with Gasteiger partial charge in [0, 0.05) is 56.0 Å². The van der Waals surface area contributed by atoms with Crippen LogP contribution >= 0.6 is 11.8 Å². The van der Waals surface area contributed by atoms with Gasteiger partial charge in [0.15, 0.2) is 0 Å². The highest BCUT2D eigenvalue weighted by molar-refractivity contribution is 7.99. The van der Waals surface area contributed by atoms with Crippen LogP contribution in [0.3, 0.4) is 0 Å². The minimum Gasteiger partial charge on any atom is -0.310 e. The van der Waals surface area contributed by atoms with Gasteiger partial charge >= 0.3 is 0 Å². The molecule has 1 amide bonds. The van der Waals surface area contributed by atoms with Gasteiger partial charge in [0.25, 0.3) is 0 Å². The van der Waals surface area contributed by atoms with Crippen LogP contribution in [0.4, 0.5) is 5.82 Å². The van der Waals surface area contributed by atoms with Crippen LogP contribution in [-0.4, -0.2) is 55.0 Å². The summed E-state index contributed by atoms with van der Waals surface area (Å²) in [6.07, 6.45) is 3.93. The predicted octanol–water partition coefficient (Wildman–Crippen LogP) is 1.19. The monoisotopic (exact) mass is 334 g/mol. The maximum absolute atomic E-state index is 12.4. The van der Waals surface area contributed by atoms with Gasteiger partial charge in [-0.15, -0.1) is 0 Å². The van der Waals surface area contributed by atoms with Crippen LogP contribution in [0, 0.1) is 6.92 Å². The van der Waals surface area contributed by atoms with E-state index < -0.39 is 0 Å². The minimum atomic E-state index is -0.00575. The van der Waals surface area contributed by atoms with Crippen molar-refractivity contribution in [3.05, 3.63) is 29.7 Å². The van der Waals surface area contributed by atoms with Gasteiger partial charge in [-0.3, -0.25) is 19.1 Å². The quantitative estimate of drug-likeness (QED) is 0.910. The number of aryl methyl sites for hydroxylation is 3. The molecule has 0 saturated carbocycles. The summed E-state index contributed by atoms with van der Waals surface area (Å²) < 4.78 is 3.50. The molecular weight excluding hydrogens is 312 g/mol. The molecule has 2 aromatic heterocycles. The number of hydrogen-bond donors (Lipinski definition) is 1. The van der Waals surface area contributed by atoms with Crippen LogP contribution in [0.2, 0.25) is 0 Å². The molecule has 1 N–H and O–H groups in total. The highest BCUT2D eigenvalue weighted by Gasteiger charge is 2.27. The number of nitrogens with one attached hydrogen (secondary N) is 1. The van der Waals surface area contributed by atoms with Gasteiger partial charge in [-0.2, -0.15) is 22.0 Å². The van der Waals surface area contributed by atoms with Crippen molar-refractivity contribution in [2.24, 2.45) is 14.1 Å². The third-order valence-electron chi connectivity index (χ3n) is 3.97. The summed E-state index contributed by atoms with van der Waals surface area (Å²) >= 11 is 1.92. The van der Waals surface area contributed by atoms with E-state index in [1.165, 1.54) is 5.56 Å². The van der Waals surface area contributed by atoms with Crippen molar-refractivity contribution in [2.45, 2.75) is 13.0 Å². The zero-order chi connectivity index (χ0) is 16.4. The zero-order valence-corrected chi connectivity index (χ0v) is 14.5. The number of rotatable bonds is 4. The molecule has 1 fully saturated rings. The fraction of sp³-hybridized carbons (Fsp3) is 0.533. The summed E-state index contributed by atoms with van der Waals surface area (Å²) in [7, 11) is 3.75. The molecule has 0 radical (unpaired) electrons. The van der Waals surface area contributed by atoms with Crippen molar-refractivity contribution in [3.8, 4) is 0 Å². The highest BCUT2D eigenvalue weighted by atomic mass is 32.2. The number of thioether (sulfide) groups is 1. The molecule has 2 aromatic rings. The predicted molar refractivity (Wildman–Crippen MR) is 91.4 cm³/mol. The molecule has 124 valence electrons. The smallest absolute Gasteiger partial charge is 0.239 e. The van der Waals surface area contributed by atoms with Crippen molar-refractivity contribution in [2.75, 3.05) is 29.9 Å². The van der Waals surface area contributed by atoms with Gasteiger partial charge in [0.05, 0.1) is 18.4 Å². The first-order valence-electron chi connectivity index (χ1n) is 7.64. The number of nitrogens with zero attached hydrogens (tertiary/aromatic N) is 5. The summed E-state index contributed by atoms with van der Waals surface area (Å²) in [5.41, 5.74) is 2.06. The number of carbonyl (C=O) groups is 1. The zero-order valence-electron chi connectivity index (χ0n) is 13.7. The van der Waals surface area contributed by atoms with Gasteiger partial charge in [0.1, 0.15) is 5.82 Å². The Morgan fingerprint density at radius 3 is 2.96 bits per heavy atom. The van der Waals surface area contributed by atoms with Crippen LogP contribution in [0.15, 0.2) is 18.5 Å². The van der Waals surface area contributed by atoms with E-state index in [4.69, 9.17) is 0 Å². The van der Waals surface area contributed by atoms with Gasteiger partial charge in [-0.1, -0.05) is 0 Å². The van der Waals surface area contributed by atoms with Gasteiger partial charge < -0.3 is 5.32 Å². The van der Waals surface area contributed by atoms with Crippen LogP contribution in [-0.2, 0) is 18.9 Å². The Balaban J connectivity index is 1.67. The average Bonchev–Trinajstić information content (AvgIpc) is 3.05. The molecule has 0 unspecified atom stereocenters. The number of hydrogen-bond acceptors (Lipinski definition) is 5. The van der Waals surface area contributed by atoms with Crippen molar-refractivity contribution in [1.29, 1.82) is 0 Å². The minimum absolute atomic E-state index is 0.00575. The Morgan fingerprint density at radius 1 is 1.48 bits per heavy atom. The second-order valence-electron chi connectivity index (χ2n) is 5.85. The Kier molecular flexibility index (Phi) is 4.72. The second-order valence-corrected chi connectivity index (χ2v) is 7.00. The molecule has 0 aliphatic carbocycles. The molecule has 1 aliphatic rings. The molecule has 7 nitrogen and oxygen atoms in total. The fourth-order valence-electron chi connectivity index (χ4n) is 2.84. The summed E-state index contributed by atoms with van der Waals surface area (Å²) in [4.78, 5) is 14.6. The van der Waals surface area contributed by atoms with Gasteiger partial charge in [-0.25, -0.2) is 0 Å². The molecule has 1 aliphatic heterocycles. The van der Waals surface area contributed by atoms with Crippen LogP contribution in [0.5, 0.6) is 0 Å². The van der Waals surface area contributed by atoms with Crippen LogP contribution in [0.1, 0.15) is 17.3 Å². The molecule has 3 heterocycles. The van der Waals surface area contributed by atoms with Crippen molar-refractivity contribution in [1.82, 2.24) is 24.5 Å². The average molecular weight is 334 g/mol. The third kappa shape index (κ3) is 3.76. The molecule has 8 heteroatoms. The molecule has 0 bridgehead atoms. The van der Waals surface area contributed by atoms with Gasteiger partial charge in [0.2, 0.25) is 5.91 Å². The Bertz CT molecular complexity index is 694. The number of amides is 1. The molecule has 1 saturated heterocycles.